The molecule has 0 atom stereocenters. The van der Waals surface area contributed by atoms with Gasteiger partial charge >= 0.3 is 11.9 Å². The van der Waals surface area contributed by atoms with E-state index in [2.05, 4.69) is 73.9 Å². The fourth-order valence-corrected chi connectivity index (χ4v) is 6.72. The Labute approximate surface area is 307 Å². The van der Waals surface area contributed by atoms with Crippen LogP contribution in [0, 0.1) is 0 Å². The summed E-state index contributed by atoms with van der Waals surface area (Å²) in [5.41, 5.74) is 8.87. The number of nitrogens with zero attached hydrogens (tertiary/aromatic N) is 2. The Hall–Kier alpha value is -5.18. The molecule has 0 fully saturated rings. The number of fused-ring (bicyclic) bond motifs is 4. The van der Waals surface area contributed by atoms with Crippen molar-refractivity contribution in [2.45, 2.75) is 53.8 Å². The highest BCUT2D eigenvalue weighted by atomic mass is 16.5. The summed E-state index contributed by atoms with van der Waals surface area (Å²) in [5, 5.41) is 18.8. The fourth-order valence-electron chi connectivity index (χ4n) is 6.72. The first-order chi connectivity index (χ1) is 25.3. The zero-order chi connectivity index (χ0) is 37.0. The number of benzene rings is 4. The van der Waals surface area contributed by atoms with Crippen molar-refractivity contribution in [3.05, 3.63) is 142 Å². The normalized spacial score (nSPS) is 14.5. The third-order valence-corrected chi connectivity index (χ3v) is 9.79. The maximum Gasteiger partial charge on any atom is 0.335 e. The lowest BCUT2D eigenvalue weighted by Crippen LogP contribution is -2.23. The number of hydrogen-bond acceptors (Lipinski definition) is 6. The van der Waals surface area contributed by atoms with Gasteiger partial charge in [0.25, 0.3) is 0 Å². The molecule has 0 radical (unpaired) electrons. The van der Waals surface area contributed by atoms with E-state index in [-0.39, 0.29) is 11.1 Å². The summed E-state index contributed by atoms with van der Waals surface area (Å²) in [6.45, 7) is 15.7. The average molecular weight is 703 g/mol. The van der Waals surface area contributed by atoms with Gasteiger partial charge in [-0.15, -0.1) is 0 Å². The molecule has 0 amide bonds. The lowest BCUT2D eigenvalue weighted by Gasteiger charge is -2.17. The van der Waals surface area contributed by atoms with Gasteiger partial charge in [-0.1, -0.05) is 88.4 Å². The van der Waals surface area contributed by atoms with Gasteiger partial charge in [0.15, 0.2) is 0 Å². The number of rotatable bonds is 12. The lowest BCUT2D eigenvalue weighted by atomic mass is 9.92. The van der Waals surface area contributed by atoms with Crippen LogP contribution >= 0.6 is 0 Å². The van der Waals surface area contributed by atoms with Crippen LogP contribution in [0.15, 0.2) is 97.1 Å². The SMILES string of the molecule is CCN(CC)CC/C=C1\c2ccccc2COc2ccc(C(=O)O)cc21.CCN(CC)CC/C=C1\c2ccccc2COc2ccc(C(=O)O)cc21. The number of carboxylic acids is 2. The van der Waals surface area contributed by atoms with Gasteiger partial charge in [0.1, 0.15) is 24.7 Å². The average Bonchev–Trinajstić information content (AvgIpc) is 3.43. The molecule has 6 rings (SSSR count). The van der Waals surface area contributed by atoms with Crippen LogP contribution in [0.1, 0.15) is 94.6 Å². The third kappa shape index (κ3) is 9.18. The zero-order valence-corrected chi connectivity index (χ0v) is 30.7. The molecule has 0 aromatic heterocycles. The summed E-state index contributed by atoms with van der Waals surface area (Å²) in [6.07, 6.45) is 6.25. The van der Waals surface area contributed by atoms with Crippen molar-refractivity contribution in [2.75, 3.05) is 39.3 Å². The van der Waals surface area contributed by atoms with Crippen molar-refractivity contribution in [1.29, 1.82) is 0 Å². The molecular formula is C44H50N2O6. The van der Waals surface area contributed by atoms with Gasteiger partial charge in [0.2, 0.25) is 0 Å². The predicted octanol–water partition coefficient (Wildman–Crippen LogP) is 8.88. The summed E-state index contributed by atoms with van der Waals surface area (Å²) < 4.78 is 11.9. The molecule has 8 nitrogen and oxygen atoms in total. The van der Waals surface area contributed by atoms with Crippen LogP contribution in [-0.4, -0.2) is 71.2 Å². The molecule has 2 aliphatic heterocycles. The van der Waals surface area contributed by atoms with Gasteiger partial charge in [-0.25, -0.2) is 9.59 Å². The Morgan fingerprint density at radius 3 is 1.33 bits per heavy atom. The van der Waals surface area contributed by atoms with Crippen LogP contribution in [-0.2, 0) is 13.2 Å². The smallest absolute Gasteiger partial charge is 0.335 e. The Morgan fingerprint density at radius 2 is 0.962 bits per heavy atom. The first kappa shape index (κ1) is 38.1. The first-order valence-electron chi connectivity index (χ1n) is 18.3. The number of carbonyl (C=O) groups is 2. The molecule has 2 N–H and O–H groups in total. The van der Waals surface area contributed by atoms with E-state index >= 15 is 0 Å². The van der Waals surface area contributed by atoms with Gasteiger partial charge in [-0.2, -0.15) is 0 Å². The Bertz CT molecular complexity index is 1780. The van der Waals surface area contributed by atoms with Crippen LogP contribution in [0.5, 0.6) is 11.5 Å². The number of aromatic carboxylic acids is 2. The maximum atomic E-state index is 11.4. The lowest BCUT2D eigenvalue weighted by molar-refractivity contribution is 0.0686. The molecule has 2 aliphatic rings. The monoisotopic (exact) mass is 702 g/mol. The molecule has 0 spiro atoms. The van der Waals surface area contributed by atoms with Gasteiger partial charge < -0.3 is 29.5 Å². The molecule has 0 aliphatic carbocycles. The van der Waals surface area contributed by atoms with Gasteiger partial charge in [-0.05, 0) is 109 Å². The van der Waals surface area contributed by atoms with Crippen LogP contribution in [0.4, 0.5) is 0 Å². The van der Waals surface area contributed by atoms with Gasteiger partial charge in [0, 0.05) is 24.2 Å². The minimum absolute atomic E-state index is 0.279. The molecular weight excluding hydrogens is 652 g/mol. The second-order valence-electron chi connectivity index (χ2n) is 12.8. The van der Waals surface area contributed by atoms with E-state index < -0.39 is 11.9 Å². The molecule has 2 heterocycles. The standard InChI is InChI=1S/2C22H25NO3/c2*1-3-23(4-2)13-7-10-19-18-9-6-5-8-17(18)15-26-21-12-11-16(22(24)25)14-20(19)21/h2*5-6,8-12,14H,3-4,7,13,15H2,1-2H3,(H,24,25)/b2*19-10+. The van der Waals surface area contributed by atoms with Gasteiger partial charge in [0.05, 0.1) is 11.1 Å². The summed E-state index contributed by atoms with van der Waals surface area (Å²) >= 11 is 0. The van der Waals surface area contributed by atoms with Crippen LogP contribution < -0.4 is 9.47 Å². The molecule has 0 saturated carbocycles. The Balaban J connectivity index is 0.000000201. The third-order valence-electron chi connectivity index (χ3n) is 9.79. The van der Waals surface area contributed by atoms with Crippen molar-refractivity contribution in [3.63, 3.8) is 0 Å². The molecule has 8 heteroatoms. The van der Waals surface area contributed by atoms with E-state index in [0.717, 1.165) is 108 Å². The van der Waals surface area contributed by atoms with Crippen molar-refractivity contribution in [3.8, 4) is 11.5 Å². The second-order valence-corrected chi connectivity index (χ2v) is 12.8. The highest BCUT2D eigenvalue weighted by molar-refractivity contribution is 5.93. The van der Waals surface area contributed by atoms with E-state index in [1.165, 1.54) is 0 Å². The molecule has 0 bridgehead atoms. The summed E-state index contributed by atoms with van der Waals surface area (Å²) in [5.74, 6) is -0.374. The summed E-state index contributed by atoms with van der Waals surface area (Å²) in [6, 6.07) is 26.5. The van der Waals surface area contributed by atoms with Crippen molar-refractivity contribution in [1.82, 2.24) is 9.80 Å². The zero-order valence-electron chi connectivity index (χ0n) is 30.7. The first-order valence-corrected chi connectivity index (χ1v) is 18.3. The number of hydrogen-bond donors (Lipinski definition) is 2. The highest BCUT2D eigenvalue weighted by Crippen LogP contribution is 2.39. The van der Waals surface area contributed by atoms with E-state index in [1.807, 2.05) is 24.3 Å². The van der Waals surface area contributed by atoms with Crippen LogP contribution in [0.3, 0.4) is 0 Å². The molecule has 272 valence electrons. The number of ether oxygens (including phenoxy) is 2. The van der Waals surface area contributed by atoms with E-state index in [9.17, 15) is 19.8 Å². The summed E-state index contributed by atoms with van der Waals surface area (Å²) in [7, 11) is 0. The minimum atomic E-state index is -0.923. The maximum absolute atomic E-state index is 11.4. The molecule has 4 aromatic rings. The van der Waals surface area contributed by atoms with E-state index in [0.29, 0.717) is 13.2 Å². The molecule has 0 saturated heterocycles. The quantitative estimate of drug-likeness (QED) is 0.151. The van der Waals surface area contributed by atoms with Crippen molar-refractivity contribution < 1.29 is 29.3 Å². The van der Waals surface area contributed by atoms with Crippen molar-refractivity contribution in [2.24, 2.45) is 0 Å². The molecule has 52 heavy (non-hydrogen) atoms. The molecule has 0 unspecified atom stereocenters. The van der Waals surface area contributed by atoms with Crippen LogP contribution in [0.25, 0.3) is 11.1 Å². The highest BCUT2D eigenvalue weighted by Gasteiger charge is 2.22. The minimum Gasteiger partial charge on any atom is -0.488 e. The summed E-state index contributed by atoms with van der Waals surface area (Å²) in [4.78, 5) is 27.6. The predicted molar refractivity (Wildman–Crippen MR) is 207 cm³/mol. The van der Waals surface area contributed by atoms with Crippen molar-refractivity contribution >= 4 is 23.1 Å². The molecule has 4 aromatic carbocycles. The Morgan fingerprint density at radius 1 is 0.577 bits per heavy atom. The largest absolute Gasteiger partial charge is 0.488 e. The van der Waals surface area contributed by atoms with Crippen LogP contribution in [0.2, 0.25) is 0 Å². The Kier molecular flexibility index (Phi) is 13.4. The topological polar surface area (TPSA) is 99.5 Å². The fraction of sp³-hybridized carbons (Fsp3) is 0.318. The van der Waals surface area contributed by atoms with E-state index in [4.69, 9.17) is 9.47 Å². The van der Waals surface area contributed by atoms with E-state index in [1.54, 1.807) is 36.4 Å². The van der Waals surface area contributed by atoms with Gasteiger partial charge in [-0.3, -0.25) is 0 Å². The number of carboxylic acid groups (broad SMARTS) is 2. The second kappa shape index (κ2) is 18.4.